The van der Waals surface area contributed by atoms with E-state index in [0.29, 0.717) is 17.4 Å². The van der Waals surface area contributed by atoms with Crippen LogP contribution in [-0.4, -0.2) is 26.1 Å². The van der Waals surface area contributed by atoms with Gasteiger partial charge in [-0.15, -0.1) is 20.4 Å². The van der Waals surface area contributed by atoms with E-state index in [4.69, 9.17) is 5.73 Å². The monoisotopic (exact) mass is 186 g/mol. The Morgan fingerprint density at radius 1 is 1.14 bits per heavy atom. The lowest BCUT2D eigenvalue weighted by molar-refractivity contribution is 0.749. The molecule has 68 valence electrons. The van der Waals surface area contributed by atoms with Crippen molar-refractivity contribution in [3.05, 3.63) is 35.4 Å². The van der Waals surface area contributed by atoms with E-state index in [1.165, 1.54) is 6.20 Å². The zero-order valence-corrected chi connectivity index (χ0v) is 7.18. The van der Waals surface area contributed by atoms with E-state index in [1.54, 1.807) is 6.08 Å². The molecule has 1 aromatic rings. The van der Waals surface area contributed by atoms with Crippen LogP contribution in [0.4, 0.5) is 0 Å². The maximum absolute atomic E-state index is 5.31. The van der Waals surface area contributed by atoms with E-state index in [1.807, 2.05) is 0 Å². The summed E-state index contributed by atoms with van der Waals surface area (Å²) in [6.45, 7) is 0.225. The van der Waals surface area contributed by atoms with Crippen molar-refractivity contribution in [1.29, 1.82) is 0 Å². The van der Waals surface area contributed by atoms with E-state index >= 15 is 0 Å². The van der Waals surface area contributed by atoms with E-state index < -0.39 is 0 Å². The van der Waals surface area contributed by atoms with Crippen LogP contribution >= 0.6 is 0 Å². The summed E-state index contributed by atoms with van der Waals surface area (Å²) in [5.41, 5.74) is 11.3. The van der Waals surface area contributed by atoms with Crippen LogP contribution in [0, 0.1) is 0 Å². The highest BCUT2D eigenvalue weighted by molar-refractivity contribution is 6.06. The van der Waals surface area contributed by atoms with Gasteiger partial charge in [-0.05, 0) is 5.73 Å². The predicted octanol–water partition coefficient (Wildman–Crippen LogP) is -0.648. The second-order valence-electron chi connectivity index (χ2n) is 2.42. The fourth-order valence-corrected chi connectivity index (χ4v) is 0.843. The number of aromatic nitrogens is 4. The van der Waals surface area contributed by atoms with Crippen LogP contribution < -0.4 is 5.73 Å². The Hall–Kier alpha value is -2.13. The van der Waals surface area contributed by atoms with Crippen LogP contribution in [0.15, 0.2) is 28.7 Å². The smallest absolute Gasteiger partial charge is 0.222 e. The summed E-state index contributed by atoms with van der Waals surface area (Å²) in [6.07, 6.45) is 3.09. The molecule has 0 unspecified atom stereocenters. The van der Waals surface area contributed by atoms with Crippen LogP contribution in [0.25, 0.3) is 0 Å². The SMILES string of the molecule is NCc1nnc(C2=NC=C=C=C2)nn1. The lowest BCUT2D eigenvalue weighted by atomic mass is 10.3. The molecule has 0 amide bonds. The van der Waals surface area contributed by atoms with Crippen molar-refractivity contribution in [3.8, 4) is 0 Å². The van der Waals surface area contributed by atoms with Crippen LogP contribution in [0.2, 0.25) is 0 Å². The molecule has 0 atom stereocenters. The summed E-state index contributed by atoms with van der Waals surface area (Å²) >= 11 is 0. The molecule has 0 aromatic carbocycles. The highest BCUT2D eigenvalue weighted by atomic mass is 15.3. The number of rotatable bonds is 2. The number of allylic oxidation sites excluding steroid dienone is 1. The minimum Gasteiger partial charge on any atom is -0.324 e. The molecular weight excluding hydrogens is 180 g/mol. The fourth-order valence-electron chi connectivity index (χ4n) is 0.843. The number of nitrogens with zero attached hydrogens (tertiary/aromatic N) is 5. The van der Waals surface area contributed by atoms with Gasteiger partial charge in [0.15, 0.2) is 5.82 Å². The van der Waals surface area contributed by atoms with Crippen LogP contribution in [0.1, 0.15) is 11.6 Å². The molecule has 0 spiro atoms. The Balaban J connectivity index is 2.31. The van der Waals surface area contributed by atoms with Gasteiger partial charge in [-0.1, -0.05) is 5.73 Å². The normalized spacial score (nSPS) is 13.1. The molecule has 6 heteroatoms. The molecule has 0 fully saturated rings. The Kier molecular flexibility index (Phi) is 2.25. The quantitative estimate of drug-likeness (QED) is 0.620. The molecule has 1 aromatic heterocycles. The molecule has 1 aliphatic heterocycles. The van der Waals surface area contributed by atoms with E-state index in [2.05, 4.69) is 36.8 Å². The van der Waals surface area contributed by atoms with Crippen molar-refractivity contribution in [1.82, 2.24) is 20.4 Å². The van der Waals surface area contributed by atoms with Gasteiger partial charge < -0.3 is 5.73 Å². The standard InChI is InChI=1S/C8H6N6/c9-5-7-11-13-8(14-12-7)6-3-1-2-4-10-6/h3-4H,5,9H2. The molecule has 2 N–H and O–H groups in total. The Morgan fingerprint density at radius 2 is 1.93 bits per heavy atom. The van der Waals surface area contributed by atoms with E-state index in [9.17, 15) is 0 Å². The second kappa shape index (κ2) is 3.72. The van der Waals surface area contributed by atoms with Crippen LogP contribution in [0.3, 0.4) is 0 Å². The third kappa shape index (κ3) is 1.62. The summed E-state index contributed by atoms with van der Waals surface area (Å²) in [5, 5.41) is 15.2. The Morgan fingerprint density at radius 3 is 2.50 bits per heavy atom. The van der Waals surface area contributed by atoms with Crippen LogP contribution in [0.5, 0.6) is 0 Å². The van der Waals surface area contributed by atoms with Gasteiger partial charge in [0.05, 0.1) is 12.7 Å². The fraction of sp³-hybridized carbons (Fsp3) is 0.125. The highest BCUT2D eigenvalue weighted by Crippen LogP contribution is 1.95. The Labute approximate surface area is 79.6 Å². The van der Waals surface area contributed by atoms with Crippen molar-refractivity contribution < 1.29 is 0 Å². The minimum atomic E-state index is 0.225. The summed E-state index contributed by atoms with van der Waals surface area (Å²) in [5.74, 6) is 0.757. The molecule has 6 nitrogen and oxygen atoms in total. The molecule has 0 aliphatic carbocycles. The average Bonchev–Trinajstić information content (AvgIpc) is 2.30. The molecule has 0 bridgehead atoms. The van der Waals surface area contributed by atoms with Gasteiger partial charge in [-0.25, -0.2) is 4.99 Å². The maximum atomic E-state index is 5.31. The molecule has 1 aliphatic rings. The summed E-state index contributed by atoms with van der Waals surface area (Å²) in [6, 6.07) is 0. The summed E-state index contributed by atoms with van der Waals surface area (Å²) in [7, 11) is 0. The lowest BCUT2D eigenvalue weighted by Gasteiger charge is -1.97. The number of nitrogens with two attached hydrogens (primary N) is 1. The van der Waals surface area contributed by atoms with Crippen LogP contribution in [-0.2, 0) is 6.54 Å². The Bertz CT molecular complexity index is 459. The number of hydrogen-bond donors (Lipinski definition) is 1. The molecule has 0 saturated carbocycles. The first-order valence-electron chi connectivity index (χ1n) is 3.90. The largest absolute Gasteiger partial charge is 0.324 e. The first kappa shape index (κ1) is 8.47. The lowest BCUT2D eigenvalue weighted by Crippen LogP contribution is -2.12. The number of aliphatic imine (C=N–C) groups is 1. The van der Waals surface area contributed by atoms with E-state index in [0.717, 1.165) is 0 Å². The first-order valence-corrected chi connectivity index (χ1v) is 3.90. The maximum Gasteiger partial charge on any atom is 0.222 e. The van der Waals surface area contributed by atoms with Gasteiger partial charge in [0, 0.05) is 6.08 Å². The molecule has 14 heavy (non-hydrogen) atoms. The van der Waals surface area contributed by atoms with E-state index in [-0.39, 0.29) is 6.54 Å². The predicted molar refractivity (Wildman–Crippen MR) is 48.2 cm³/mol. The van der Waals surface area contributed by atoms with Crippen molar-refractivity contribution in [3.63, 3.8) is 0 Å². The first-order chi connectivity index (χ1) is 6.90. The zero-order valence-electron chi connectivity index (χ0n) is 7.18. The van der Waals surface area contributed by atoms with Gasteiger partial charge in [-0.3, -0.25) is 0 Å². The second-order valence-corrected chi connectivity index (χ2v) is 2.42. The average molecular weight is 186 g/mol. The zero-order chi connectivity index (χ0) is 9.80. The topological polar surface area (TPSA) is 89.9 Å². The number of hydrogen-bond acceptors (Lipinski definition) is 6. The van der Waals surface area contributed by atoms with Gasteiger partial charge in [0.1, 0.15) is 5.71 Å². The minimum absolute atomic E-state index is 0.225. The van der Waals surface area contributed by atoms with Crippen molar-refractivity contribution in [2.45, 2.75) is 6.54 Å². The molecular formula is C8H6N6. The summed E-state index contributed by atoms with van der Waals surface area (Å²) < 4.78 is 0. The van der Waals surface area contributed by atoms with Crippen molar-refractivity contribution >= 4 is 5.71 Å². The third-order valence-corrected chi connectivity index (χ3v) is 1.49. The van der Waals surface area contributed by atoms with Gasteiger partial charge >= 0.3 is 0 Å². The molecule has 2 heterocycles. The highest BCUT2D eigenvalue weighted by Gasteiger charge is 2.05. The van der Waals surface area contributed by atoms with Gasteiger partial charge in [-0.2, -0.15) is 0 Å². The van der Waals surface area contributed by atoms with Crippen molar-refractivity contribution in [2.75, 3.05) is 0 Å². The van der Waals surface area contributed by atoms with Gasteiger partial charge in [0.2, 0.25) is 5.82 Å². The molecule has 0 radical (unpaired) electrons. The van der Waals surface area contributed by atoms with Gasteiger partial charge in [0.25, 0.3) is 0 Å². The molecule has 0 saturated heterocycles. The molecule has 2 rings (SSSR count). The summed E-state index contributed by atoms with van der Waals surface area (Å²) in [4.78, 5) is 3.98. The third-order valence-electron chi connectivity index (χ3n) is 1.49. The van der Waals surface area contributed by atoms with Crippen molar-refractivity contribution in [2.24, 2.45) is 10.7 Å².